The Kier molecular flexibility index (Phi) is 5.30. The number of carbonyl (C=O) groups excluding carboxylic acids is 1. The number of carbonyl (C=O) groups is 1. The molecular formula is C14H20N2O2S. The number of nitrogens with two attached hydrogens (primary N) is 1. The summed E-state index contributed by atoms with van der Waals surface area (Å²) in [4.78, 5) is 11.9. The van der Waals surface area contributed by atoms with Crippen LogP contribution in [0.1, 0.15) is 32.3 Å². The van der Waals surface area contributed by atoms with Crippen LogP contribution >= 0.6 is 12.2 Å². The van der Waals surface area contributed by atoms with Gasteiger partial charge in [0.1, 0.15) is 5.60 Å². The van der Waals surface area contributed by atoms with Crippen LogP contribution in [0.25, 0.3) is 0 Å². The average molecular weight is 280 g/mol. The van der Waals surface area contributed by atoms with Gasteiger partial charge in [-0.05, 0) is 26.3 Å². The molecule has 0 aliphatic carbocycles. The zero-order valence-electron chi connectivity index (χ0n) is 11.5. The molecule has 0 fully saturated rings. The molecule has 0 saturated carbocycles. The van der Waals surface area contributed by atoms with E-state index in [9.17, 15) is 4.79 Å². The SMILES string of the molecule is CC(C)(C)OC(=O)NCC(C(N)=S)c1ccccc1. The third kappa shape index (κ3) is 5.70. The molecule has 4 nitrogen and oxygen atoms in total. The molecule has 0 spiro atoms. The molecule has 1 atom stereocenters. The van der Waals surface area contributed by atoms with Crippen molar-refractivity contribution in [1.82, 2.24) is 5.32 Å². The molecule has 3 N–H and O–H groups in total. The number of alkyl carbamates (subject to hydrolysis) is 1. The molecule has 1 unspecified atom stereocenters. The lowest BCUT2D eigenvalue weighted by Gasteiger charge is -2.21. The first-order valence-electron chi connectivity index (χ1n) is 6.11. The highest BCUT2D eigenvalue weighted by Crippen LogP contribution is 2.15. The fraction of sp³-hybridized carbons (Fsp3) is 0.429. The molecule has 104 valence electrons. The first kappa shape index (κ1) is 15.4. The van der Waals surface area contributed by atoms with Crippen molar-refractivity contribution in [2.24, 2.45) is 5.73 Å². The normalized spacial score (nSPS) is 12.6. The lowest BCUT2D eigenvalue weighted by atomic mass is 9.99. The molecule has 0 aromatic heterocycles. The van der Waals surface area contributed by atoms with Crippen molar-refractivity contribution in [3.8, 4) is 0 Å². The Morgan fingerprint density at radius 3 is 2.42 bits per heavy atom. The molecule has 19 heavy (non-hydrogen) atoms. The summed E-state index contributed by atoms with van der Waals surface area (Å²) in [6, 6.07) is 9.60. The first-order chi connectivity index (χ1) is 8.79. The summed E-state index contributed by atoms with van der Waals surface area (Å²) >= 11 is 5.05. The van der Waals surface area contributed by atoms with Gasteiger partial charge in [-0.2, -0.15) is 0 Å². The number of thiocarbonyl (C=S) groups is 1. The van der Waals surface area contributed by atoms with Crippen LogP contribution < -0.4 is 11.1 Å². The van der Waals surface area contributed by atoms with Crippen LogP contribution in [0.5, 0.6) is 0 Å². The van der Waals surface area contributed by atoms with Crippen molar-refractivity contribution in [1.29, 1.82) is 0 Å². The minimum atomic E-state index is -0.518. The van der Waals surface area contributed by atoms with Gasteiger partial charge < -0.3 is 15.8 Å². The Labute approximate surface area is 119 Å². The molecule has 1 rings (SSSR count). The van der Waals surface area contributed by atoms with E-state index in [2.05, 4.69) is 5.32 Å². The van der Waals surface area contributed by atoms with Gasteiger partial charge in [0.05, 0.1) is 10.9 Å². The van der Waals surface area contributed by atoms with E-state index in [0.29, 0.717) is 11.5 Å². The molecule has 0 radical (unpaired) electrons. The van der Waals surface area contributed by atoms with E-state index in [1.54, 1.807) is 0 Å². The Bertz CT molecular complexity index is 441. The van der Waals surface area contributed by atoms with E-state index in [-0.39, 0.29) is 5.92 Å². The van der Waals surface area contributed by atoms with Crippen LogP contribution in [0.2, 0.25) is 0 Å². The average Bonchev–Trinajstić information content (AvgIpc) is 2.27. The van der Waals surface area contributed by atoms with Crippen molar-refractivity contribution < 1.29 is 9.53 Å². The maximum absolute atomic E-state index is 11.6. The Hall–Kier alpha value is -1.62. The summed E-state index contributed by atoms with van der Waals surface area (Å²) in [5.41, 5.74) is 6.18. The second-order valence-corrected chi connectivity index (χ2v) is 5.72. The quantitative estimate of drug-likeness (QED) is 0.832. The van der Waals surface area contributed by atoms with Gasteiger partial charge in [-0.1, -0.05) is 42.5 Å². The Morgan fingerprint density at radius 2 is 1.95 bits per heavy atom. The molecule has 1 aromatic rings. The van der Waals surface area contributed by atoms with Crippen molar-refractivity contribution in [2.45, 2.75) is 32.3 Å². The fourth-order valence-corrected chi connectivity index (χ4v) is 1.79. The maximum atomic E-state index is 11.6. The van der Waals surface area contributed by atoms with Crippen molar-refractivity contribution >= 4 is 23.3 Å². The first-order valence-corrected chi connectivity index (χ1v) is 6.51. The standard InChI is InChI=1S/C14H20N2O2S/c1-14(2,3)18-13(17)16-9-11(12(15)19)10-7-5-4-6-8-10/h4-8,11H,9H2,1-3H3,(H2,15,19)(H,16,17). The molecule has 5 heteroatoms. The second kappa shape index (κ2) is 6.52. The molecule has 1 aromatic carbocycles. The van der Waals surface area contributed by atoms with E-state index >= 15 is 0 Å². The fourth-order valence-electron chi connectivity index (χ4n) is 1.57. The van der Waals surface area contributed by atoms with Crippen molar-refractivity contribution in [2.75, 3.05) is 6.54 Å². The summed E-state index contributed by atoms with van der Waals surface area (Å²) in [7, 11) is 0. The third-order valence-electron chi connectivity index (χ3n) is 2.39. The predicted octanol–water partition coefficient (Wildman–Crippen LogP) is 2.58. The van der Waals surface area contributed by atoms with E-state index in [4.69, 9.17) is 22.7 Å². The highest BCUT2D eigenvalue weighted by atomic mass is 32.1. The number of hydrogen-bond donors (Lipinski definition) is 2. The lowest BCUT2D eigenvalue weighted by Crippen LogP contribution is -2.37. The van der Waals surface area contributed by atoms with Crippen LogP contribution in [0.15, 0.2) is 30.3 Å². The summed E-state index contributed by atoms with van der Waals surface area (Å²) in [6.45, 7) is 5.77. The minimum absolute atomic E-state index is 0.191. The van der Waals surface area contributed by atoms with Gasteiger partial charge in [0.25, 0.3) is 0 Å². The van der Waals surface area contributed by atoms with Crippen LogP contribution in [-0.2, 0) is 4.74 Å². The van der Waals surface area contributed by atoms with Crippen molar-refractivity contribution in [3.05, 3.63) is 35.9 Å². The third-order valence-corrected chi connectivity index (χ3v) is 2.68. The van der Waals surface area contributed by atoms with Crippen LogP contribution in [0.3, 0.4) is 0 Å². The second-order valence-electron chi connectivity index (χ2n) is 5.25. The molecular weight excluding hydrogens is 260 g/mol. The number of rotatable bonds is 4. The molecule has 0 aliphatic heterocycles. The van der Waals surface area contributed by atoms with Crippen molar-refractivity contribution in [3.63, 3.8) is 0 Å². The van der Waals surface area contributed by atoms with Crippen LogP contribution in [0.4, 0.5) is 4.79 Å². The number of ether oxygens (including phenoxy) is 1. The van der Waals surface area contributed by atoms with Gasteiger partial charge in [0, 0.05) is 6.54 Å². The summed E-state index contributed by atoms with van der Waals surface area (Å²) in [5.74, 6) is -0.191. The molecule has 0 bridgehead atoms. The maximum Gasteiger partial charge on any atom is 0.407 e. The lowest BCUT2D eigenvalue weighted by molar-refractivity contribution is 0.0527. The monoisotopic (exact) mass is 280 g/mol. The molecule has 1 amide bonds. The van der Waals surface area contributed by atoms with E-state index in [0.717, 1.165) is 5.56 Å². The van der Waals surface area contributed by atoms with E-state index in [1.165, 1.54) is 0 Å². The summed E-state index contributed by atoms with van der Waals surface area (Å²) in [6.07, 6.45) is -0.468. The van der Waals surface area contributed by atoms with Gasteiger partial charge in [0.2, 0.25) is 0 Å². The Morgan fingerprint density at radius 1 is 1.37 bits per heavy atom. The van der Waals surface area contributed by atoms with Gasteiger partial charge >= 0.3 is 6.09 Å². The van der Waals surface area contributed by atoms with Crippen LogP contribution in [-0.4, -0.2) is 23.2 Å². The number of hydrogen-bond acceptors (Lipinski definition) is 3. The highest BCUT2D eigenvalue weighted by molar-refractivity contribution is 7.80. The zero-order chi connectivity index (χ0) is 14.5. The predicted molar refractivity (Wildman–Crippen MR) is 80.2 cm³/mol. The summed E-state index contributed by atoms with van der Waals surface area (Å²) < 4.78 is 5.17. The Balaban J connectivity index is 2.62. The zero-order valence-corrected chi connectivity index (χ0v) is 12.3. The van der Waals surface area contributed by atoms with Crippen LogP contribution in [0, 0.1) is 0 Å². The van der Waals surface area contributed by atoms with E-state index in [1.807, 2.05) is 51.1 Å². The van der Waals surface area contributed by atoms with Gasteiger partial charge in [-0.15, -0.1) is 0 Å². The largest absolute Gasteiger partial charge is 0.444 e. The van der Waals surface area contributed by atoms with E-state index < -0.39 is 11.7 Å². The van der Waals surface area contributed by atoms with Gasteiger partial charge in [-0.3, -0.25) is 0 Å². The van der Waals surface area contributed by atoms with Gasteiger partial charge in [-0.25, -0.2) is 4.79 Å². The molecule has 0 heterocycles. The summed E-state index contributed by atoms with van der Waals surface area (Å²) in [5, 5.41) is 2.69. The topological polar surface area (TPSA) is 64.3 Å². The molecule has 0 aliphatic rings. The number of benzene rings is 1. The highest BCUT2D eigenvalue weighted by Gasteiger charge is 2.19. The smallest absolute Gasteiger partial charge is 0.407 e. The van der Waals surface area contributed by atoms with Gasteiger partial charge in [0.15, 0.2) is 0 Å². The molecule has 0 saturated heterocycles. The number of amides is 1. The number of nitrogens with one attached hydrogen (secondary N) is 1. The minimum Gasteiger partial charge on any atom is -0.444 e.